The third-order valence-corrected chi connectivity index (χ3v) is 1.85. The molecule has 0 saturated carbocycles. The molecule has 111 valence electrons. The number of aromatic nitrogens is 4. The molecule has 9 heteroatoms. The average molecular weight is 331 g/mol. The first kappa shape index (κ1) is 18.4. The molecule has 0 spiro atoms. The summed E-state index contributed by atoms with van der Waals surface area (Å²) in [5, 5.41) is 16.4. The zero-order chi connectivity index (χ0) is 14.8. The van der Waals surface area contributed by atoms with Crippen molar-refractivity contribution >= 4 is 24.1 Å². The predicted molar refractivity (Wildman–Crippen MR) is 70.5 cm³/mol. The van der Waals surface area contributed by atoms with E-state index >= 15 is 0 Å². The maximum absolute atomic E-state index is 9.97. The molecule has 0 saturated heterocycles. The van der Waals surface area contributed by atoms with E-state index in [9.17, 15) is 9.59 Å². The SMILES string of the molecule is O=C(O)/C=C/c1cnc[nH]1.O=C(O)/C=C/c1cnc[nH]1.[Mn]. The van der Waals surface area contributed by atoms with Gasteiger partial charge < -0.3 is 20.2 Å². The van der Waals surface area contributed by atoms with Crippen molar-refractivity contribution in [3.05, 3.63) is 48.6 Å². The van der Waals surface area contributed by atoms with E-state index in [1.165, 1.54) is 24.8 Å². The van der Waals surface area contributed by atoms with Gasteiger partial charge in [0.2, 0.25) is 0 Å². The van der Waals surface area contributed by atoms with Gasteiger partial charge >= 0.3 is 11.9 Å². The van der Waals surface area contributed by atoms with Crippen LogP contribution in [-0.4, -0.2) is 42.1 Å². The minimum Gasteiger partial charge on any atom is -0.478 e. The Kier molecular flexibility index (Phi) is 8.90. The van der Waals surface area contributed by atoms with E-state index in [1.807, 2.05) is 0 Å². The number of hydrogen-bond donors (Lipinski definition) is 4. The average Bonchev–Trinajstić information content (AvgIpc) is 3.08. The number of H-pyrrole nitrogens is 2. The van der Waals surface area contributed by atoms with E-state index in [0.29, 0.717) is 11.4 Å². The molecular formula is C12H12MnN4O4. The van der Waals surface area contributed by atoms with Crippen LogP contribution in [0.4, 0.5) is 0 Å². The van der Waals surface area contributed by atoms with Crippen LogP contribution in [0.25, 0.3) is 12.2 Å². The molecule has 0 bridgehead atoms. The molecule has 2 heterocycles. The number of aromatic amines is 2. The summed E-state index contributed by atoms with van der Waals surface area (Å²) >= 11 is 0. The van der Waals surface area contributed by atoms with E-state index in [4.69, 9.17) is 10.2 Å². The van der Waals surface area contributed by atoms with E-state index in [2.05, 4.69) is 19.9 Å². The summed E-state index contributed by atoms with van der Waals surface area (Å²) in [6, 6.07) is 0. The molecule has 0 aliphatic heterocycles. The van der Waals surface area contributed by atoms with Crippen molar-refractivity contribution in [1.82, 2.24) is 19.9 Å². The molecule has 4 N–H and O–H groups in total. The smallest absolute Gasteiger partial charge is 0.328 e. The van der Waals surface area contributed by atoms with Crippen molar-refractivity contribution in [3.8, 4) is 0 Å². The second kappa shape index (κ2) is 10.2. The van der Waals surface area contributed by atoms with Crippen molar-refractivity contribution in [3.63, 3.8) is 0 Å². The Hall–Kier alpha value is -2.64. The molecular weight excluding hydrogens is 319 g/mol. The van der Waals surface area contributed by atoms with Gasteiger partial charge in [-0.05, 0) is 12.2 Å². The monoisotopic (exact) mass is 331 g/mol. The maximum atomic E-state index is 9.97. The van der Waals surface area contributed by atoms with Gasteiger partial charge in [-0.15, -0.1) is 0 Å². The molecule has 0 amide bonds. The summed E-state index contributed by atoms with van der Waals surface area (Å²) in [7, 11) is 0. The normalized spacial score (nSPS) is 9.90. The van der Waals surface area contributed by atoms with Gasteiger partial charge in [0.25, 0.3) is 0 Å². The van der Waals surface area contributed by atoms with Gasteiger partial charge in [-0.1, -0.05) is 0 Å². The molecule has 8 nitrogen and oxygen atoms in total. The number of imidazole rings is 2. The summed E-state index contributed by atoms with van der Waals surface area (Å²) in [4.78, 5) is 32.8. The third kappa shape index (κ3) is 8.98. The van der Waals surface area contributed by atoms with E-state index < -0.39 is 11.9 Å². The van der Waals surface area contributed by atoms with E-state index in [0.717, 1.165) is 12.2 Å². The quantitative estimate of drug-likeness (QED) is 0.488. The van der Waals surface area contributed by atoms with Crippen LogP contribution in [0.3, 0.4) is 0 Å². The van der Waals surface area contributed by atoms with Crippen molar-refractivity contribution < 1.29 is 36.9 Å². The summed E-state index contributed by atoms with van der Waals surface area (Å²) < 4.78 is 0. The molecule has 2 aromatic heterocycles. The first-order valence-corrected chi connectivity index (χ1v) is 5.36. The Morgan fingerprint density at radius 2 is 1.29 bits per heavy atom. The second-order valence-electron chi connectivity index (χ2n) is 3.36. The van der Waals surface area contributed by atoms with Crippen LogP contribution >= 0.6 is 0 Å². The van der Waals surface area contributed by atoms with Crippen LogP contribution in [0.2, 0.25) is 0 Å². The van der Waals surface area contributed by atoms with Crippen molar-refractivity contribution in [1.29, 1.82) is 0 Å². The Bertz CT molecular complexity index is 537. The zero-order valence-electron chi connectivity index (χ0n) is 10.6. The molecule has 0 fully saturated rings. The van der Waals surface area contributed by atoms with Crippen LogP contribution < -0.4 is 0 Å². The van der Waals surface area contributed by atoms with Gasteiger partial charge in [0.15, 0.2) is 0 Å². The van der Waals surface area contributed by atoms with Crippen LogP contribution in [0.1, 0.15) is 11.4 Å². The van der Waals surface area contributed by atoms with Crippen LogP contribution in [0.5, 0.6) is 0 Å². The zero-order valence-corrected chi connectivity index (χ0v) is 11.8. The summed E-state index contributed by atoms with van der Waals surface area (Å²) in [5.41, 5.74) is 1.37. The summed E-state index contributed by atoms with van der Waals surface area (Å²) in [6.45, 7) is 0. The molecule has 0 atom stereocenters. The van der Waals surface area contributed by atoms with Crippen molar-refractivity contribution in [2.24, 2.45) is 0 Å². The number of hydrogen-bond acceptors (Lipinski definition) is 4. The minimum atomic E-state index is -0.963. The molecule has 21 heavy (non-hydrogen) atoms. The molecule has 0 aliphatic carbocycles. The molecule has 1 radical (unpaired) electrons. The van der Waals surface area contributed by atoms with Crippen LogP contribution in [0, 0.1) is 0 Å². The van der Waals surface area contributed by atoms with E-state index in [1.54, 1.807) is 12.4 Å². The van der Waals surface area contributed by atoms with Crippen molar-refractivity contribution in [2.75, 3.05) is 0 Å². The Balaban J connectivity index is 0.000000364. The fraction of sp³-hybridized carbons (Fsp3) is 0. The van der Waals surface area contributed by atoms with E-state index in [-0.39, 0.29) is 17.1 Å². The van der Waals surface area contributed by atoms with Gasteiger partial charge in [0.1, 0.15) is 0 Å². The third-order valence-electron chi connectivity index (χ3n) is 1.85. The standard InChI is InChI=1S/2C6H6N2O2.Mn/c2*9-6(10)2-1-5-3-7-4-8-5;/h2*1-4H,(H,7,8)(H,9,10);/b2*2-1+;. The molecule has 0 unspecified atom stereocenters. The Morgan fingerprint density at radius 1 is 0.905 bits per heavy atom. The van der Waals surface area contributed by atoms with Gasteiger partial charge in [-0.25, -0.2) is 19.6 Å². The number of carboxylic acid groups (broad SMARTS) is 2. The Morgan fingerprint density at radius 3 is 1.52 bits per heavy atom. The van der Waals surface area contributed by atoms with Crippen LogP contribution in [-0.2, 0) is 26.7 Å². The topological polar surface area (TPSA) is 132 Å². The minimum absolute atomic E-state index is 0. The number of carboxylic acids is 2. The fourth-order valence-electron chi connectivity index (χ4n) is 1.04. The largest absolute Gasteiger partial charge is 0.478 e. The van der Waals surface area contributed by atoms with Crippen molar-refractivity contribution in [2.45, 2.75) is 0 Å². The fourth-order valence-corrected chi connectivity index (χ4v) is 1.04. The van der Waals surface area contributed by atoms with Gasteiger partial charge in [-0.3, -0.25) is 0 Å². The number of nitrogens with zero attached hydrogens (tertiary/aromatic N) is 2. The first-order valence-electron chi connectivity index (χ1n) is 5.36. The summed E-state index contributed by atoms with van der Waals surface area (Å²) in [5.74, 6) is -1.93. The second-order valence-corrected chi connectivity index (χ2v) is 3.36. The predicted octanol–water partition coefficient (Wildman–Crippen LogP) is 1.01. The van der Waals surface area contributed by atoms with Gasteiger partial charge in [0.05, 0.1) is 36.4 Å². The van der Waals surface area contributed by atoms with Gasteiger partial charge in [0, 0.05) is 29.2 Å². The number of carbonyl (C=O) groups is 2. The molecule has 0 aromatic carbocycles. The number of nitrogens with one attached hydrogen (secondary N) is 2. The van der Waals surface area contributed by atoms with Gasteiger partial charge in [-0.2, -0.15) is 0 Å². The molecule has 2 aromatic rings. The number of rotatable bonds is 4. The summed E-state index contributed by atoms with van der Waals surface area (Å²) in [6.07, 6.45) is 11.0. The van der Waals surface area contributed by atoms with Crippen LogP contribution in [0.15, 0.2) is 37.2 Å². The first-order chi connectivity index (χ1) is 9.58. The molecule has 0 aliphatic rings. The Labute approximate surface area is 130 Å². The molecule has 2 rings (SSSR count). The number of aliphatic carboxylic acids is 2. The maximum Gasteiger partial charge on any atom is 0.328 e.